The van der Waals surface area contributed by atoms with Gasteiger partial charge in [0.15, 0.2) is 0 Å². The predicted octanol–water partition coefficient (Wildman–Crippen LogP) is 3.07. The number of hydrogen-bond acceptors (Lipinski definition) is 3. The van der Waals surface area contributed by atoms with Gasteiger partial charge in [-0.3, -0.25) is 4.79 Å². The molecule has 0 fully saturated rings. The van der Waals surface area contributed by atoms with Gasteiger partial charge in [0.25, 0.3) is 0 Å². The molecule has 0 aliphatic rings. The number of carbonyl (C=O) groups excluding carboxylic acids is 1. The van der Waals surface area contributed by atoms with Gasteiger partial charge in [0, 0.05) is 0 Å². The Kier molecular flexibility index (Phi) is 5.06. The summed E-state index contributed by atoms with van der Waals surface area (Å²) in [5.74, 6) is 0.807. The first-order valence-electron chi connectivity index (χ1n) is 7.40. The van der Waals surface area contributed by atoms with E-state index in [1.165, 1.54) is 0 Å². The van der Waals surface area contributed by atoms with Crippen LogP contribution in [0.25, 0.3) is 11.1 Å². The summed E-state index contributed by atoms with van der Waals surface area (Å²) >= 11 is 0. The molecule has 0 unspecified atom stereocenters. The van der Waals surface area contributed by atoms with Gasteiger partial charge in [-0.25, -0.2) is 0 Å². The summed E-state index contributed by atoms with van der Waals surface area (Å²) in [5, 5.41) is 2.55. The van der Waals surface area contributed by atoms with Gasteiger partial charge in [-0.05, 0) is 53.8 Å². The van der Waals surface area contributed by atoms with Gasteiger partial charge >= 0.3 is 0 Å². The topological polar surface area (TPSA) is 64.3 Å². The number of methoxy groups -OCH3 is 1. The summed E-state index contributed by atoms with van der Waals surface area (Å²) < 4.78 is 5.29. The third kappa shape index (κ3) is 3.92. The molecular formula is C19H22N2O2. The van der Waals surface area contributed by atoms with E-state index in [1.807, 2.05) is 44.2 Å². The van der Waals surface area contributed by atoms with Crippen molar-refractivity contribution >= 4 is 5.91 Å². The molecule has 0 bridgehead atoms. The molecule has 0 spiro atoms. The molecule has 0 atom stereocenters. The van der Waals surface area contributed by atoms with Gasteiger partial charge in [-0.1, -0.05) is 30.8 Å². The first-order valence-corrected chi connectivity index (χ1v) is 7.40. The number of hydrogen-bond donors (Lipinski definition) is 2. The molecule has 4 nitrogen and oxygen atoms in total. The Morgan fingerprint density at radius 2 is 2.00 bits per heavy atom. The smallest absolute Gasteiger partial charge is 0.229 e. The monoisotopic (exact) mass is 310 g/mol. The van der Waals surface area contributed by atoms with Crippen LogP contribution in [-0.2, 0) is 11.2 Å². The van der Waals surface area contributed by atoms with Gasteiger partial charge in [0.05, 0.1) is 19.4 Å². The Labute approximate surface area is 137 Å². The Balaban J connectivity index is 2.41. The lowest BCUT2D eigenvalue weighted by molar-refractivity contribution is -0.119. The fourth-order valence-corrected chi connectivity index (χ4v) is 2.65. The van der Waals surface area contributed by atoms with Crippen LogP contribution >= 0.6 is 0 Å². The fraction of sp³-hybridized carbons (Fsp3) is 0.211. The van der Waals surface area contributed by atoms with Crippen LogP contribution in [0.4, 0.5) is 0 Å². The van der Waals surface area contributed by atoms with Crippen molar-refractivity contribution in [1.29, 1.82) is 0 Å². The van der Waals surface area contributed by atoms with Crippen LogP contribution in [0, 0.1) is 13.8 Å². The Morgan fingerprint density at radius 3 is 2.65 bits per heavy atom. The van der Waals surface area contributed by atoms with Gasteiger partial charge < -0.3 is 15.8 Å². The molecule has 0 aliphatic carbocycles. The lowest BCUT2D eigenvalue weighted by Crippen LogP contribution is -2.28. The first kappa shape index (κ1) is 16.6. The van der Waals surface area contributed by atoms with Crippen LogP contribution in [0.5, 0.6) is 5.75 Å². The predicted molar refractivity (Wildman–Crippen MR) is 93.1 cm³/mol. The van der Waals surface area contributed by atoms with Crippen molar-refractivity contribution in [3.05, 3.63) is 65.5 Å². The van der Waals surface area contributed by atoms with Gasteiger partial charge in [0.1, 0.15) is 5.75 Å². The molecule has 23 heavy (non-hydrogen) atoms. The second-order valence-corrected chi connectivity index (χ2v) is 5.52. The third-order valence-electron chi connectivity index (χ3n) is 3.85. The first-order chi connectivity index (χ1) is 10.9. The van der Waals surface area contributed by atoms with Crippen molar-refractivity contribution in [1.82, 2.24) is 5.32 Å². The lowest BCUT2D eigenvalue weighted by atomic mass is 9.91. The SMILES string of the molecule is C=C(N)NC(=O)Cc1c(C)ccc(-c2cccc(OC)c2)c1C. The fourth-order valence-electron chi connectivity index (χ4n) is 2.65. The highest BCUT2D eigenvalue weighted by Gasteiger charge is 2.13. The summed E-state index contributed by atoms with van der Waals surface area (Å²) in [7, 11) is 1.65. The van der Waals surface area contributed by atoms with Crippen LogP contribution in [-0.4, -0.2) is 13.0 Å². The normalized spacial score (nSPS) is 10.2. The van der Waals surface area contributed by atoms with Crippen LogP contribution in [0.3, 0.4) is 0 Å². The molecular weight excluding hydrogens is 288 g/mol. The van der Waals surface area contributed by atoms with Crippen molar-refractivity contribution in [3.8, 4) is 16.9 Å². The molecule has 2 aromatic carbocycles. The van der Waals surface area contributed by atoms with Crippen molar-refractivity contribution in [3.63, 3.8) is 0 Å². The largest absolute Gasteiger partial charge is 0.497 e. The van der Waals surface area contributed by atoms with E-state index in [0.717, 1.165) is 33.6 Å². The van der Waals surface area contributed by atoms with E-state index in [4.69, 9.17) is 10.5 Å². The highest BCUT2D eigenvalue weighted by atomic mass is 16.5. The number of rotatable bonds is 5. The molecule has 0 aromatic heterocycles. The summed E-state index contributed by atoms with van der Waals surface area (Å²) in [6, 6.07) is 12.0. The maximum atomic E-state index is 12.0. The van der Waals surface area contributed by atoms with Gasteiger partial charge in [-0.15, -0.1) is 0 Å². The van der Waals surface area contributed by atoms with Gasteiger partial charge in [-0.2, -0.15) is 0 Å². The highest BCUT2D eigenvalue weighted by molar-refractivity contribution is 5.82. The number of carbonyl (C=O) groups is 1. The zero-order valence-electron chi connectivity index (χ0n) is 13.8. The van der Waals surface area contributed by atoms with E-state index >= 15 is 0 Å². The van der Waals surface area contributed by atoms with Gasteiger partial charge in [0.2, 0.25) is 5.91 Å². The van der Waals surface area contributed by atoms with Crippen LogP contribution in [0.2, 0.25) is 0 Å². The van der Waals surface area contributed by atoms with Crippen LogP contribution in [0.15, 0.2) is 48.8 Å². The maximum Gasteiger partial charge on any atom is 0.229 e. The second kappa shape index (κ2) is 7.01. The molecule has 0 saturated carbocycles. The molecule has 0 aliphatic heterocycles. The number of amides is 1. The van der Waals surface area contributed by atoms with Crippen molar-refractivity contribution in [2.24, 2.45) is 5.73 Å². The highest BCUT2D eigenvalue weighted by Crippen LogP contribution is 2.30. The minimum Gasteiger partial charge on any atom is -0.497 e. The average molecular weight is 310 g/mol. The number of nitrogens with one attached hydrogen (secondary N) is 1. The molecule has 4 heteroatoms. The number of nitrogens with two attached hydrogens (primary N) is 1. The van der Waals surface area contributed by atoms with E-state index < -0.39 is 0 Å². The molecule has 0 heterocycles. The number of ether oxygens (including phenoxy) is 1. The molecule has 1 amide bonds. The second-order valence-electron chi connectivity index (χ2n) is 5.52. The van der Waals surface area contributed by atoms with E-state index in [0.29, 0.717) is 0 Å². The molecule has 120 valence electrons. The molecule has 0 saturated heterocycles. The molecule has 2 rings (SSSR count). The minimum atomic E-state index is -0.161. The van der Waals surface area contributed by atoms with Crippen LogP contribution < -0.4 is 15.8 Å². The minimum absolute atomic E-state index is 0.161. The van der Waals surface area contributed by atoms with E-state index in [2.05, 4.69) is 18.0 Å². The van der Waals surface area contributed by atoms with E-state index in [9.17, 15) is 4.79 Å². The van der Waals surface area contributed by atoms with Crippen molar-refractivity contribution < 1.29 is 9.53 Å². The maximum absolute atomic E-state index is 12.0. The summed E-state index contributed by atoms with van der Waals surface area (Å²) in [5.41, 5.74) is 10.7. The number of aryl methyl sites for hydroxylation is 1. The number of benzene rings is 2. The van der Waals surface area contributed by atoms with E-state index in [-0.39, 0.29) is 18.1 Å². The Hall–Kier alpha value is -2.75. The standard InChI is InChI=1S/C19H22N2O2/c1-12-8-9-17(15-6-5-7-16(10-15)23-4)13(2)18(12)11-19(22)21-14(3)20/h5-10H,3,11,20H2,1-2,4H3,(H,21,22). The van der Waals surface area contributed by atoms with Crippen LogP contribution in [0.1, 0.15) is 16.7 Å². The quantitative estimate of drug-likeness (QED) is 0.892. The lowest BCUT2D eigenvalue weighted by Gasteiger charge is -2.15. The van der Waals surface area contributed by atoms with E-state index in [1.54, 1.807) is 7.11 Å². The summed E-state index contributed by atoms with van der Waals surface area (Å²) in [6.07, 6.45) is 0.270. The zero-order chi connectivity index (χ0) is 17.0. The molecule has 0 radical (unpaired) electrons. The summed E-state index contributed by atoms with van der Waals surface area (Å²) in [4.78, 5) is 12.0. The Morgan fingerprint density at radius 1 is 1.26 bits per heavy atom. The van der Waals surface area contributed by atoms with Crippen molar-refractivity contribution in [2.75, 3.05) is 7.11 Å². The average Bonchev–Trinajstić information content (AvgIpc) is 2.51. The molecule has 3 N–H and O–H groups in total. The Bertz CT molecular complexity index is 751. The third-order valence-corrected chi connectivity index (χ3v) is 3.85. The molecule has 2 aromatic rings. The summed E-state index contributed by atoms with van der Waals surface area (Å²) in [6.45, 7) is 7.53. The van der Waals surface area contributed by atoms with Crippen molar-refractivity contribution in [2.45, 2.75) is 20.3 Å². The zero-order valence-corrected chi connectivity index (χ0v) is 13.8.